The summed E-state index contributed by atoms with van der Waals surface area (Å²) in [5, 5.41) is 0. The van der Waals surface area contributed by atoms with Gasteiger partial charge in [0.1, 0.15) is 21.3 Å². The first-order chi connectivity index (χ1) is 8.56. The predicted molar refractivity (Wildman–Crippen MR) is 72.7 cm³/mol. The molecule has 2 nitrogen and oxygen atoms in total. The van der Waals surface area contributed by atoms with Crippen LogP contribution < -0.4 is 0 Å². The van der Waals surface area contributed by atoms with E-state index in [1.54, 1.807) is 0 Å². The van der Waals surface area contributed by atoms with Crippen LogP contribution in [0.2, 0.25) is 0 Å². The molecule has 19 heavy (non-hydrogen) atoms. The number of ketones is 2. The number of carbonyl (C=O) groups excluding carboxylic acids is 2. The summed E-state index contributed by atoms with van der Waals surface area (Å²) < 4.78 is -1.72. The van der Waals surface area contributed by atoms with E-state index in [0.717, 1.165) is 0 Å². The zero-order chi connectivity index (χ0) is 14.0. The monoisotopic (exact) mass is 378 g/mol. The third-order valence-electron chi connectivity index (χ3n) is 6.11. The molecular weight excluding hydrogens is 377 g/mol. The van der Waals surface area contributed by atoms with E-state index in [1.807, 2.05) is 0 Å². The molecule has 0 heterocycles. The van der Waals surface area contributed by atoms with Gasteiger partial charge < -0.3 is 0 Å². The fourth-order valence-electron chi connectivity index (χ4n) is 5.65. The summed E-state index contributed by atoms with van der Waals surface area (Å²) in [4.78, 5) is 19.3. The fourth-order valence-corrected chi connectivity index (χ4v) is 9.87. The molecule has 102 valence electrons. The van der Waals surface area contributed by atoms with E-state index < -0.39 is 47.5 Å². The van der Waals surface area contributed by atoms with Gasteiger partial charge in [0, 0.05) is 0 Å². The van der Waals surface area contributed by atoms with E-state index in [-0.39, 0.29) is 11.6 Å². The van der Waals surface area contributed by atoms with Crippen molar-refractivity contribution in [3.8, 4) is 0 Å². The summed E-state index contributed by atoms with van der Waals surface area (Å²) in [7, 11) is 0. The van der Waals surface area contributed by atoms with Gasteiger partial charge in [-0.3, -0.25) is 9.59 Å². The predicted octanol–water partition coefficient (Wildman–Crippen LogP) is 2.74. The van der Waals surface area contributed by atoms with E-state index in [2.05, 4.69) is 0 Å². The summed E-state index contributed by atoms with van der Waals surface area (Å²) >= 11 is 39.4. The number of hydrogen-bond acceptors (Lipinski definition) is 2. The first-order valence-corrected chi connectivity index (χ1v) is 8.04. The number of halogens is 6. The highest BCUT2D eigenvalue weighted by atomic mass is 35.5. The van der Waals surface area contributed by atoms with Crippen molar-refractivity contribution in [1.29, 1.82) is 0 Å². The molecule has 0 spiro atoms. The quantitative estimate of drug-likeness (QED) is 0.605. The molecule has 5 rings (SSSR count). The summed E-state index contributed by atoms with van der Waals surface area (Å²) in [5.41, 5.74) is 0. The van der Waals surface area contributed by atoms with Crippen molar-refractivity contribution in [1.82, 2.24) is 0 Å². The summed E-state index contributed by atoms with van der Waals surface area (Å²) in [6, 6.07) is 0. The normalized spacial score (nSPS) is 73.2. The molecule has 0 N–H and O–H groups in total. The second kappa shape index (κ2) is 2.59. The molecule has 8 heteroatoms. The highest BCUT2D eigenvalue weighted by Gasteiger charge is 3.11. The van der Waals surface area contributed by atoms with Crippen LogP contribution in [-0.4, -0.2) is 35.4 Å². The molecule has 0 saturated heterocycles. The van der Waals surface area contributed by atoms with E-state index in [1.165, 1.54) is 0 Å². The van der Waals surface area contributed by atoms with Gasteiger partial charge in [0.2, 0.25) is 0 Å². The van der Waals surface area contributed by atoms with Gasteiger partial charge in [-0.25, -0.2) is 0 Å². The second-order valence-electron chi connectivity index (χ2n) is 6.14. The van der Waals surface area contributed by atoms with Crippen molar-refractivity contribution < 1.29 is 9.59 Å². The highest BCUT2D eigenvalue weighted by molar-refractivity contribution is 6.68. The summed E-state index contributed by atoms with van der Waals surface area (Å²) in [6.45, 7) is 0. The van der Waals surface area contributed by atoms with Gasteiger partial charge in [-0.15, -0.1) is 46.4 Å². The van der Waals surface area contributed by atoms with Gasteiger partial charge >= 0.3 is 0 Å². The molecule has 2 bridgehead atoms. The number of fused-ring (bicyclic) bond motifs is 2. The molecule has 5 aliphatic carbocycles. The van der Waals surface area contributed by atoms with Gasteiger partial charge in [-0.2, -0.15) is 0 Å². The largest absolute Gasteiger partial charge is 0.299 e. The molecule has 0 aromatic rings. The molecule has 8 atom stereocenters. The minimum atomic E-state index is -1.72. The topological polar surface area (TPSA) is 34.1 Å². The van der Waals surface area contributed by atoms with E-state index in [4.69, 9.17) is 69.6 Å². The number of carbonyl (C=O) groups is 2. The van der Waals surface area contributed by atoms with Crippen LogP contribution in [0.5, 0.6) is 0 Å². The second-order valence-corrected chi connectivity index (χ2v) is 9.85. The molecule has 0 aromatic heterocycles. The van der Waals surface area contributed by atoms with E-state index >= 15 is 0 Å². The zero-order valence-electron chi connectivity index (χ0n) is 8.89. The maximum absolute atomic E-state index is 12.5. The van der Waals surface area contributed by atoms with Crippen LogP contribution in [0.15, 0.2) is 0 Å². The third kappa shape index (κ3) is 0.629. The van der Waals surface area contributed by atoms with E-state index in [0.29, 0.717) is 0 Å². The highest BCUT2D eigenvalue weighted by Crippen LogP contribution is 2.96. The molecular formula is C11H4Cl6O2. The Kier molecular flexibility index (Phi) is 1.72. The lowest BCUT2D eigenvalue weighted by Crippen LogP contribution is -2.73. The summed E-state index contributed by atoms with van der Waals surface area (Å²) in [5.74, 6) is -3.41. The Bertz CT molecular complexity index is 583. The summed E-state index contributed by atoms with van der Waals surface area (Å²) in [6.07, 6.45) is 0. The first-order valence-electron chi connectivity index (χ1n) is 5.77. The van der Waals surface area contributed by atoms with Crippen LogP contribution in [0.25, 0.3) is 0 Å². The van der Waals surface area contributed by atoms with Crippen molar-refractivity contribution in [3.63, 3.8) is 0 Å². The average molecular weight is 381 g/mol. The number of alkyl halides is 6. The lowest BCUT2D eigenvalue weighted by atomic mass is 9.57. The van der Waals surface area contributed by atoms with Gasteiger partial charge in [0.15, 0.2) is 4.33 Å². The molecule has 0 aromatic carbocycles. The van der Waals surface area contributed by atoms with Crippen LogP contribution in [-0.2, 0) is 9.59 Å². The van der Waals surface area contributed by atoms with Gasteiger partial charge in [0.05, 0.1) is 33.4 Å². The first kappa shape index (κ1) is 12.6. The van der Waals surface area contributed by atoms with Gasteiger partial charge in [-0.05, 0) is 0 Å². The van der Waals surface area contributed by atoms with Crippen LogP contribution in [0.1, 0.15) is 0 Å². The van der Waals surface area contributed by atoms with Crippen molar-refractivity contribution in [3.05, 3.63) is 0 Å². The van der Waals surface area contributed by atoms with Crippen LogP contribution >= 0.6 is 69.6 Å². The molecule has 5 aliphatic rings. The van der Waals surface area contributed by atoms with Gasteiger partial charge in [-0.1, -0.05) is 23.2 Å². The fraction of sp³-hybridized carbons (Fsp3) is 0.818. The molecule has 0 radical (unpaired) electrons. The third-order valence-corrected chi connectivity index (χ3v) is 11.3. The Morgan fingerprint density at radius 1 is 0.579 bits per heavy atom. The Hall–Kier alpha value is 1.08. The molecule has 5 fully saturated rings. The zero-order valence-corrected chi connectivity index (χ0v) is 13.4. The standard InChI is InChI=1S/C11H4Cl6O2/c12-7-1-2-6(19)4-3(5(1)18)9(7,14)11(16,17)10(4,15)8(2,7)13/h1-4H/t1-,2-,3-,4+,7+,8+,9+,10-/m0/s1. The maximum atomic E-state index is 12.5. The Morgan fingerprint density at radius 3 is 1.16 bits per heavy atom. The lowest BCUT2D eigenvalue weighted by molar-refractivity contribution is -0.143. The van der Waals surface area contributed by atoms with E-state index in [9.17, 15) is 9.59 Å². The van der Waals surface area contributed by atoms with Crippen LogP contribution in [0.3, 0.4) is 0 Å². The van der Waals surface area contributed by atoms with Gasteiger partial charge in [0.25, 0.3) is 0 Å². The number of rotatable bonds is 0. The minimum Gasteiger partial charge on any atom is -0.299 e. The number of hydrogen-bond donors (Lipinski definition) is 0. The Labute approximate surface area is 138 Å². The van der Waals surface area contributed by atoms with Crippen LogP contribution in [0, 0.1) is 23.7 Å². The molecule has 0 aliphatic heterocycles. The average Bonchev–Trinajstić information content (AvgIpc) is 2.57. The maximum Gasteiger partial charge on any atom is 0.161 e. The molecule has 0 unspecified atom stereocenters. The van der Waals surface area contributed by atoms with Crippen molar-refractivity contribution in [2.75, 3.05) is 0 Å². The number of Topliss-reactive ketones (excluding diaryl/α,β-unsaturated/α-hetero) is 2. The Balaban J connectivity index is 2.03. The Morgan fingerprint density at radius 2 is 0.842 bits per heavy atom. The minimum absolute atomic E-state index is 0.165. The van der Waals surface area contributed by atoms with Crippen molar-refractivity contribution in [2.24, 2.45) is 23.7 Å². The smallest absolute Gasteiger partial charge is 0.161 e. The van der Waals surface area contributed by atoms with Crippen LogP contribution in [0.4, 0.5) is 0 Å². The van der Waals surface area contributed by atoms with Crippen molar-refractivity contribution in [2.45, 2.75) is 23.8 Å². The lowest BCUT2D eigenvalue weighted by Gasteiger charge is -2.58. The molecule has 0 amide bonds. The van der Waals surface area contributed by atoms with Crippen molar-refractivity contribution >= 4 is 81.2 Å². The molecule has 5 saturated carbocycles. The SMILES string of the molecule is O=C1[C@@H]2[C@H]3C(=O)[C@H]4[C@@H]1[C@]1(Cl)C(Cl)(Cl)[C@@]4(Cl)[C@]3(Cl)[C@]21Cl.